The van der Waals surface area contributed by atoms with Crippen molar-refractivity contribution >= 4 is 70.0 Å². The number of carbonyl (C=O) groups is 2. The molecule has 144 valence electrons. The minimum Gasteiger partial charge on any atom is -0.486 e. The lowest BCUT2D eigenvalue weighted by Crippen LogP contribution is -2.52. The highest BCUT2D eigenvalue weighted by Crippen LogP contribution is 2.35. The summed E-state index contributed by atoms with van der Waals surface area (Å²) < 4.78 is 5.71. The molecule has 0 unspecified atom stereocenters. The van der Waals surface area contributed by atoms with Crippen LogP contribution in [0.5, 0.6) is 5.75 Å². The van der Waals surface area contributed by atoms with Gasteiger partial charge in [-0.25, -0.2) is 0 Å². The maximum atomic E-state index is 12.3. The molecule has 2 amide bonds. The van der Waals surface area contributed by atoms with Gasteiger partial charge in [0, 0.05) is 12.1 Å². The van der Waals surface area contributed by atoms with Gasteiger partial charge in [0.1, 0.15) is 12.2 Å². The van der Waals surface area contributed by atoms with Crippen LogP contribution in [0.1, 0.15) is 11.1 Å². The van der Waals surface area contributed by atoms with Gasteiger partial charge in [0.2, 0.25) is 0 Å². The van der Waals surface area contributed by atoms with Crippen LogP contribution in [0.2, 0.25) is 15.1 Å². The van der Waals surface area contributed by atoms with Crippen molar-refractivity contribution in [2.45, 2.75) is 6.61 Å². The zero-order chi connectivity index (χ0) is 20.4. The molecule has 0 aliphatic carbocycles. The van der Waals surface area contributed by atoms with Crippen molar-refractivity contribution in [3.63, 3.8) is 0 Å². The summed E-state index contributed by atoms with van der Waals surface area (Å²) in [5, 5.41) is 3.62. The quantitative estimate of drug-likeness (QED) is 0.419. The number of hydrogen-bond acceptors (Lipinski definition) is 4. The predicted octanol–water partition coefficient (Wildman–Crippen LogP) is 4.48. The first-order valence-corrected chi connectivity index (χ1v) is 9.52. The van der Waals surface area contributed by atoms with E-state index in [4.69, 9.17) is 51.8 Å². The van der Waals surface area contributed by atoms with Gasteiger partial charge < -0.3 is 4.74 Å². The van der Waals surface area contributed by atoms with Gasteiger partial charge in [-0.15, -0.1) is 0 Å². The van der Waals surface area contributed by atoms with E-state index in [0.717, 1.165) is 5.56 Å². The molecule has 0 aromatic heterocycles. The predicted molar refractivity (Wildman–Crippen MR) is 114 cm³/mol. The third-order valence-corrected chi connectivity index (χ3v) is 5.12. The second kappa shape index (κ2) is 8.49. The lowest BCUT2D eigenvalue weighted by atomic mass is 10.1. The van der Waals surface area contributed by atoms with Crippen LogP contribution in [0.25, 0.3) is 6.08 Å². The number of halogens is 3. The molecule has 1 aliphatic heterocycles. The van der Waals surface area contributed by atoms with Gasteiger partial charge in [-0.05, 0) is 53.7 Å². The normalized spacial score (nSPS) is 15.8. The summed E-state index contributed by atoms with van der Waals surface area (Å²) in [5.41, 5.74) is 1.30. The van der Waals surface area contributed by atoms with Gasteiger partial charge in [0.25, 0.3) is 11.8 Å². The molecule has 0 atom stereocenters. The van der Waals surface area contributed by atoms with Crippen LogP contribution >= 0.6 is 47.0 Å². The molecule has 1 saturated heterocycles. The smallest absolute Gasteiger partial charge is 0.265 e. The minimum atomic E-state index is -0.580. The number of nitrogens with one attached hydrogen (secondary N) is 1. The highest BCUT2D eigenvalue weighted by molar-refractivity contribution is 7.80. The summed E-state index contributed by atoms with van der Waals surface area (Å²) in [6.45, 7) is 0.250. The molecular weight excluding hydrogens is 443 g/mol. The van der Waals surface area contributed by atoms with E-state index in [9.17, 15) is 9.59 Å². The lowest BCUT2D eigenvalue weighted by Gasteiger charge is -2.25. The standard InChI is InChI=1S/C19H13Cl3N2O3S/c1-24-18(26)13(17(25)23-19(24)28)6-11-7-14(21)16(15(22)8-11)27-9-10-2-4-12(20)5-3-10/h2-8H,9H2,1H3,(H,23,25,28)/b13-6+. The number of thiocarbonyl (C=S) groups is 1. The average Bonchev–Trinajstić information content (AvgIpc) is 2.64. The molecule has 1 fully saturated rings. The average molecular weight is 456 g/mol. The fraction of sp³-hybridized carbons (Fsp3) is 0.105. The third-order valence-electron chi connectivity index (χ3n) is 3.93. The van der Waals surface area contributed by atoms with Crippen molar-refractivity contribution in [1.29, 1.82) is 0 Å². The van der Waals surface area contributed by atoms with E-state index < -0.39 is 11.8 Å². The van der Waals surface area contributed by atoms with Gasteiger partial charge in [-0.1, -0.05) is 46.9 Å². The summed E-state index contributed by atoms with van der Waals surface area (Å²) in [7, 11) is 1.48. The first-order chi connectivity index (χ1) is 13.3. The summed E-state index contributed by atoms with van der Waals surface area (Å²) >= 11 is 23.4. The van der Waals surface area contributed by atoms with Crippen molar-refractivity contribution in [3.05, 3.63) is 68.2 Å². The molecule has 0 radical (unpaired) electrons. The first kappa shape index (κ1) is 20.6. The van der Waals surface area contributed by atoms with Crippen LogP contribution in [0, 0.1) is 0 Å². The molecule has 5 nitrogen and oxygen atoms in total. The van der Waals surface area contributed by atoms with Crippen LogP contribution < -0.4 is 10.1 Å². The maximum absolute atomic E-state index is 12.3. The molecule has 0 saturated carbocycles. The molecule has 0 spiro atoms. The fourth-order valence-electron chi connectivity index (χ4n) is 2.45. The van der Waals surface area contributed by atoms with E-state index in [0.29, 0.717) is 16.3 Å². The molecule has 9 heteroatoms. The largest absolute Gasteiger partial charge is 0.486 e. The van der Waals surface area contributed by atoms with Crippen LogP contribution in [0.4, 0.5) is 0 Å². The molecule has 1 N–H and O–H groups in total. The number of amides is 2. The molecule has 0 bridgehead atoms. The number of benzene rings is 2. The Morgan fingerprint density at radius 3 is 2.32 bits per heavy atom. The zero-order valence-corrected chi connectivity index (χ0v) is 17.5. The second-order valence-corrected chi connectivity index (χ2v) is 7.55. The van der Waals surface area contributed by atoms with E-state index in [1.165, 1.54) is 18.0 Å². The van der Waals surface area contributed by atoms with Crippen molar-refractivity contribution in [2.24, 2.45) is 0 Å². The van der Waals surface area contributed by atoms with E-state index in [1.807, 2.05) is 12.1 Å². The van der Waals surface area contributed by atoms with Crippen LogP contribution in [0.15, 0.2) is 42.0 Å². The highest BCUT2D eigenvalue weighted by Gasteiger charge is 2.30. The first-order valence-electron chi connectivity index (χ1n) is 7.97. The highest BCUT2D eigenvalue weighted by atomic mass is 35.5. The summed E-state index contributed by atoms with van der Waals surface area (Å²) in [6.07, 6.45) is 1.40. The number of likely N-dealkylation sites (N-methyl/N-ethyl adjacent to an activating group) is 1. The van der Waals surface area contributed by atoms with Crippen molar-refractivity contribution in [3.8, 4) is 5.75 Å². The van der Waals surface area contributed by atoms with E-state index in [1.54, 1.807) is 24.3 Å². The molecule has 1 heterocycles. The number of rotatable bonds is 4. The van der Waals surface area contributed by atoms with Crippen LogP contribution in [-0.4, -0.2) is 28.9 Å². The third kappa shape index (κ3) is 4.47. The van der Waals surface area contributed by atoms with Gasteiger partial charge in [0.15, 0.2) is 10.9 Å². The minimum absolute atomic E-state index is 0.0502. The molecule has 2 aromatic rings. The Balaban J connectivity index is 1.83. The van der Waals surface area contributed by atoms with E-state index in [2.05, 4.69) is 5.32 Å². The number of ether oxygens (including phenoxy) is 1. The number of hydrogen-bond donors (Lipinski definition) is 1. The monoisotopic (exact) mass is 454 g/mol. The van der Waals surface area contributed by atoms with E-state index >= 15 is 0 Å². The lowest BCUT2D eigenvalue weighted by molar-refractivity contribution is -0.128. The summed E-state index contributed by atoms with van der Waals surface area (Å²) in [4.78, 5) is 25.5. The Kier molecular flexibility index (Phi) is 6.25. The van der Waals surface area contributed by atoms with Crippen molar-refractivity contribution < 1.29 is 14.3 Å². The Hall–Kier alpha value is -2.12. The van der Waals surface area contributed by atoms with Crippen molar-refractivity contribution in [1.82, 2.24) is 10.2 Å². The van der Waals surface area contributed by atoms with Crippen LogP contribution in [0.3, 0.4) is 0 Å². The van der Waals surface area contributed by atoms with Gasteiger partial charge >= 0.3 is 0 Å². The molecular formula is C19H13Cl3N2O3S. The Labute approximate surface area is 181 Å². The molecule has 2 aromatic carbocycles. The van der Waals surface area contributed by atoms with Gasteiger partial charge in [-0.2, -0.15) is 0 Å². The van der Waals surface area contributed by atoms with Crippen LogP contribution in [-0.2, 0) is 16.2 Å². The van der Waals surface area contributed by atoms with Gasteiger partial charge in [0.05, 0.1) is 10.0 Å². The number of nitrogens with zero attached hydrogens (tertiary/aromatic N) is 1. The molecule has 1 aliphatic rings. The number of carbonyl (C=O) groups excluding carboxylic acids is 2. The molecule has 3 rings (SSSR count). The SMILES string of the molecule is CN1C(=O)/C(=C/c2cc(Cl)c(OCc3ccc(Cl)cc3)c(Cl)c2)C(=O)NC1=S. The van der Waals surface area contributed by atoms with E-state index in [-0.39, 0.29) is 27.3 Å². The topological polar surface area (TPSA) is 58.6 Å². The zero-order valence-electron chi connectivity index (χ0n) is 14.5. The Morgan fingerprint density at radius 1 is 1.11 bits per heavy atom. The maximum Gasteiger partial charge on any atom is 0.265 e. The fourth-order valence-corrected chi connectivity index (χ4v) is 3.36. The Bertz CT molecular complexity index is 983. The van der Waals surface area contributed by atoms with Crippen molar-refractivity contribution in [2.75, 3.05) is 7.05 Å². The molecule has 28 heavy (non-hydrogen) atoms. The van der Waals surface area contributed by atoms with Gasteiger partial charge in [-0.3, -0.25) is 19.8 Å². The Morgan fingerprint density at radius 2 is 1.71 bits per heavy atom. The second-order valence-electron chi connectivity index (χ2n) is 5.91. The summed E-state index contributed by atoms with van der Waals surface area (Å²) in [5.74, 6) is -0.786. The summed E-state index contributed by atoms with van der Waals surface area (Å²) in [6, 6.07) is 10.3.